The maximum Gasteiger partial charge on any atom is 0.300 e. The first-order valence-electron chi connectivity index (χ1n) is 7.87. The van der Waals surface area contributed by atoms with Gasteiger partial charge in [-0.3, -0.25) is 4.79 Å². The number of carboxylic acid groups (broad SMARTS) is 1. The van der Waals surface area contributed by atoms with E-state index in [0.29, 0.717) is 39.6 Å². The van der Waals surface area contributed by atoms with Crippen molar-refractivity contribution < 1.29 is 38.3 Å². The van der Waals surface area contributed by atoms with Crippen molar-refractivity contribution in [3.05, 3.63) is 0 Å². The van der Waals surface area contributed by atoms with Crippen molar-refractivity contribution in [3.63, 3.8) is 0 Å². The summed E-state index contributed by atoms with van der Waals surface area (Å²) in [5, 5.41) is 7.42. The van der Waals surface area contributed by atoms with Gasteiger partial charge in [-0.1, -0.05) is 0 Å². The fourth-order valence-electron chi connectivity index (χ4n) is 1.06. The van der Waals surface area contributed by atoms with Gasteiger partial charge in [0.15, 0.2) is 0 Å². The first-order chi connectivity index (χ1) is 11.6. The van der Waals surface area contributed by atoms with Crippen LogP contribution in [0.25, 0.3) is 0 Å². The molecule has 1 fully saturated rings. The van der Waals surface area contributed by atoms with E-state index in [4.69, 9.17) is 28.8 Å². The summed E-state index contributed by atoms with van der Waals surface area (Å²) >= 11 is 0. The molecule has 0 aliphatic carbocycles. The summed E-state index contributed by atoms with van der Waals surface area (Å²) in [6.45, 7) is 7.08. The number of hydrogen-bond donors (Lipinski definition) is 1. The zero-order valence-corrected chi connectivity index (χ0v) is 15.9. The van der Waals surface area contributed by atoms with Crippen LogP contribution in [0.3, 0.4) is 0 Å². The van der Waals surface area contributed by atoms with E-state index in [1.807, 2.05) is 0 Å². The van der Waals surface area contributed by atoms with Crippen molar-refractivity contribution in [3.8, 4) is 0 Å². The molecule has 0 bridgehead atoms. The van der Waals surface area contributed by atoms with Crippen molar-refractivity contribution in [1.29, 1.82) is 0 Å². The van der Waals surface area contributed by atoms with Crippen LogP contribution in [0.1, 0.15) is 19.8 Å². The van der Waals surface area contributed by atoms with Crippen LogP contribution in [0.4, 0.5) is 0 Å². The molecule has 0 saturated carbocycles. The number of methoxy groups -OCH3 is 4. The van der Waals surface area contributed by atoms with Crippen LogP contribution >= 0.6 is 0 Å². The van der Waals surface area contributed by atoms with Gasteiger partial charge < -0.3 is 33.5 Å². The van der Waals surface area contributed by atoms with E-state index in [1.54, 1.807) is 28.4 Å². The Morgan fingerprint density at radius 1 is 0.792 bits per heavy atom. The molecule has 8 nitrogen and oxygen atoms in total. The highest BCUT2D eigenvalue weighted by Crippen LogP contribution is 1.98. The molecule has 0 aromatic carbocycles. The Bertz CT molecular complexity index is 189. The third-order valence-electron chi connectivity index (χ3n) is 2.18. The van der Waals surface area contributed by atoms with Crippen molar-refractivity contribution in [1.82, 2.24) is 0 Å². The van der Waals surface area contributed by atoms with E-state index in [2.05, 4.69) is 9.47 Å². The molecule has 24 heavy (non-hydrogen) atoms. The second-order valence-electron chi connectivity index (χ2n) is 4.42. The Hall–Kier alpha value is -0.770. The average Bonchev–Trinajstić information content (AvgIpc) is 3.13. The van der Waals surface area contributed by atoms with E-state index in [-0.39, 0.29) is 0 Å². The number of aliphatic carboxylic acids is 1. The van der Waals surface area contributed by atoms with Crippen molar-refractivity contribution >= 4 is 5.97 Å². The molecular formula is C16H36O8. The molecule has 1 saturated heterocycles. The summed E-state index contributed by atoms with van der Waals surface area (Å²) in [5.41, 5.74) is 0. The number of ether oxygens (including phenoxy) is 6. The van der Waals surface area contributed by atoms with E-state index in [9.17, 15) is 0 Å². The van der Waals surface area contributed by atoms with Gasteiger partial charge >= 0.3 is 0 Å². The lowest BCUT2D eigenvalue weighted by Gasteiger charge is -2.00. The molecule has 1 N–H and O–H groups in total. The van der Waals surface area contributed by atoms with Gasteiger partial charge in [-0.05, 0) is 12.8 Å². The summed E-state index contributed by atoms with van der Waals surface area (Å²) < 4.78 is 28.8. The zero-order valence-electron chi connectivity index (χ0n) is 15.9. The van der Waals surface area contributed by atoms with Crippen LogP contribution in [0.2, 0.25) is 0 Å². The Kier molecular flexibility index (Phi) is 35.2. The monoisotopic (exact) mass is 356 g/mol. The standard InChI is InChI=1S/C6H14O3.C4H10O2.C4H8O.C2H4O2/c1-7-3-5-9-6-4-8-2;1-5-3-4-6-2;1-2-4-5-3-1;1-2(3)4/h3-6H2,1-2H3;3-4H2,1-2H3;1-4H2;1H3,(H,3,4). The molecule has 1 heterocycles. The number of carboxylic acids is 1. The predicted molar refractivity (Wildman–Crippen MR) is 91.7 cm³/mol. The van der Waals surface area contributed by atoms with Crippen molar-refractivity contribution in [2.45, 2.75) is 19.8 Å². The molecule has 1 rings (SSSR count). The first-order valence-corrected chi connectivity index (χ1v) is 7.87. The van der Waals surface area contributed by atoms with Gasteiger partial charge in [0.2, 0.25) is 0 Å². The Morgan fingerprint density at radius 2 is 1.08 bits per heavy atom. The van der Waals surface area contributed by atoms with Crippen molar-refractivity contribution in [2.75, 3.05) is 81.3 Å². The second kappa shape index (κ2) is 30.1. The van der Waals surface area contributed by atoms with Crippen LogP contribution in [-0.2, 0) is 33.2 Å². The normalized spacial score (nSPS) is 12.0. The highest BCUT2D eigenvalue weighted by atomic mass is 16.5. The van der Waals surface area contributed by atoms with Crippen LogP contribution in [0.5, 0.6) is 0 Å². The lowest BCUT2D eigenvalue weighted by atomic mass is 10.4. The minimum atomic E-state index is -0.833. The van der Waals surface area contributed by atoms with Gasteiger partial charge in [-0.15, -0.1) is 0 Å². The molecule has 1 aliphatic rings. The average molecular weight is 356 g/mol. The van der Waals surface area contributed by atoms with Gasteiger partial charge in [0.1, 0.15) is 0 Å². The molecule has 0 aromatic heterocycles. The number of carbonyl (C=O) groups is 1. The van der Waals surface area contributed by atoms with E-state index < -0.39 is 5.97 Å². The molecule has 0 unspecified atom stereocenters. The van der Waals surface area contributed by atoms with Crippen LogP contribution in [0, 0.1) is 0 Å². The van der Waals surface area contributed by atoms with E-state index in [1.165, 1.54) is 12.8 Å². The molecule has 0 radical (unpaired) electrons. The Labute approximate surface area is 146 Å². The summed E-state index contributed by atoms with van der Waals surface area (Å²) in [6, 6.07) is 0. The zero-order chi connectivity index (χ0) is 18.9. The lowest BCUT2D eigenvalue weighted by Crippen LogP contribution is -2.06. The fourth-order valence-corrected chi connectivity index (χ4v) is 1.06. The van der Waals surface area contributed by atoms with Crippen molar-refractivity contribution in [2.24, 2.45) is 0 Å². The summed E-state index contributed by atoms with van der Waals surface area (Å²) in [4.78, 5) is 9.00. The second-order valence-corrected chi connectivity index (χ2v) is 4.42. The van der Waals surface area contributed by atoms with Crippen LogP contribution in [0.15, 0.2) is 0 Å². The highest BCUT2D eigenvalue weighted by molar-refractivity contribution is 5.62. The smallest absolute Gasteiger partial charge is 0.300 e. The van der Waals surface area contributed by atoms with E-state index in [0.717, 1.165) is 20.1 Å². The molecular weight excluding hydrogens is 320 g/mol. The third-order valence-corrected chi connectivity index (χ3v) is 2.18. The minimum absolute atomic E-state index is 0.653. The lowest BCUT2D eigenvalue weighted by molar-refractivity contribution is -0.134. The molecule has 148 valence electrons. The SMILES string of the molecule is C1CCOC1.CC(=O)O.COCCOC.COCCOCCOC. The maximum absolute atomic E-state index is 9.00. The Morgan fingerprint density at radius 3 is 1.29 bits per heavy atom. The minimum Gasteiger partial charge on any atom is -0.481 e. The van der Waals surface area contributed by atoms with Gasteiger partial charge in [0, 0.05) is 48.6 Å². The maximum atomic E-state index is 9.00. The molecule has 0 amide bonds. The molecule has 0 spiro atoms. The Balaban J connectivity index is -0.000000257. The summed E-state index contributed by atoms with van der Waals surface area (Å²) in [6.07, 6.45) is 2.56. The van der Waals surface area contributed by atoms with Gasteiger partial charge in [-0.2, -0.15) is 0 Å². The van der Waals surface area contributed by atoms with E-state index >= 15 is 0 Å². The van der Waals surface area contributed by atoms with Gasteiger partial charge in [0.05, 0.1) is 39.6 Å². The largest absolute Gasteiger partial charge is 0.481 e. The molecule has 0 aromatic rings. The number of hydrogen-bond acceptors (Lipinski definition) is 7. The predicted octanol–water partition coefficient (Wildman–Crippen LogP) is 1.46. The number of rotatable bonds is 9. The van der Waals surface area contributed by atoms with Crippen LogP contribution in [-0.4, -0.2) is 92.4 Å². The van der Waals surface area contributed by atoms with Crippen LogP contribution < -0.4 is 0 Å². The first kappa shape index (κ1) is 28.1. The molecule has 1 aliphatic heterocycles. The highest BCUT2D eigenvalue weighted by Gasteiger charge is 1.94. The quantitative estimate of drug-likeness (QED) is 0.621. The topological polar surface area (TPSA) is 92.7 Å². The fraction of sp³-hybridized carbons (Fsp3) is 0.938. The molecule has 8 heteroatoms. The summed E-state index contributed by atoms with van der Waals surface area (Å²) in [7, 11) is 6.61. The van der Waals surface area contributed by atoms with Gasteiger partial charge in [0.25, 0.3) is 5.97 Å². The third kappa shape index (κ3) is 49.6. The van der Waals surface area contributed by atoms with Gasteiger partial charge in [-0.25, -0.2) is 0 Å². The summed E-state index contributed by atoms with van der Waals surface area (Å²) in [5.74, 6) is -0.833. The molecule has 0 atom stereocenters.